The highest BCUT2D eigenvalue weighted by molar-refractivity contribution is 7.93. The average Bonchev–Trinajstić information content (AvgIpc) is 2.36. The molecule has 0 heterocycles. The first kappa shape index (κ1) is 15.8. The molecule has 0 spiro atoms. The molecule has 0 aliphatic heterocycles. The van der Waals surface area contributed by atoms with Crippen LogP contribution in [0.2, 0.25) is 0 Å². The van der Waals surface area contributed by atoms with Gasteiger partial charge in [-0.05, 0) is 37.7 Å². The Kier molecular flexibility index (Phi) is 5.62. The third kappa shape index (κ3) is 4.72. The topological polar surface area (TPSA) is 61.4 Å². The monoisotopic (exact) mass is 285 g/mol. The van der Waals surface area contributed by atoms with Crippen LogP contribution in [0.25, 0.3) is 0 Å². The summed E-state index contributed by atoms with van der Waals surface area (Å²) in [6.45, 7) is 4.85. The Labute approximate surface area is 116 Å². The van der Waals surface area contributed by atoms with Crippen molar-refractivity contribution in [1.82, 2.24) is 5.32 Å². The molecule has 19 heavy (non-hydrogen) atoms. The van der Waals surface area contributed by atoms with Gasteiger partial charge in [0.1, 0.15) is 0 Å². The van der Waals surface area contributed by atoms with Crippen LogP contribution < -0.4 is 14.9 Å². The van der Waals surface area contributed by atoms with Crippen molar-refractivity contribution < 1.29 is 8.42 Å². The Bertz CT molecular complexity index is 483. The van der Waals surface area contributed by atoms with E-state index in [-0.39, 0.29) is 0 Å². The van der Waals surface area contributed by atoms with Gasteiger partial charge in [-0.1, -0.05) is 6.92 Å². The fourth-order valence-corrected chi connectivity index (χ4v) is 2.55. The first-order chi connectivity index (χ1) is 8.86. The van der Waals surface area contributed by atoms with Crippen LogP contribution in [0.4, 0.5) is 11.4 Å². The van der Waals surface area contributed by atoms with Crippen LogP contribution in [-0.4, -0.2) is 40.9 Å². The minimum atomic E-state index is -3.34. The molecule has 0 radical (unpaired) electrons. The number of anilines is 2. The van der Waals surface area contributed by atoms with E-state index in [1.807, 2.05) is 38.1 Å². The van der Waals surface area contributed by atoms with E-state index in [1.165, 1.54) is 0 Å². The lowest BCUT2D eigenvalue weighted by molar-refractivity contribution is 0.579. The molecule has 108 valence electrons. The van der Waals surface area contributed by atoms with Crippen LogP contribution in [0.1, 0.15) is 13.8 Å². The largest absolute Gasteiger partial charge is 0.378 e. The van der Waals surface area contributed by atoms with Crippen molar-refractivity contribution in [3.63, 3.8) is 0 Å². The molecular weight excluding hydrogens is 262 g/mol. The number of hydrogen-bond acceptors (Lipinski definition) is 4. The van der Waals surface area contributed by atoms with Crippen LogP contribution in [0.15, 0.2) is 24.3 Å². The zero-order valence-corrected chi connectivity index (χ0v) is 12.8. The van der Waals surface area contributed by atoms with Gasteiger partial charge in [0.25, 0.3) is 0 Å². The molecule has 0 saturated heterocycles. The summed E-state index contributed by atoms with van der Waals surface area (Å²) in [4.78, 5) is 1.96. The molecule has 0 aliphatic carbocycles. The number of rotatable bonds is 7. The third-order valence-corrected chi connectivity index (χ3v) is 4.60. The fraction of sp³-hybridized carbons (Fsp3) is 0.538. The number of nitrogens with one attached hydrogen (secondary N) is 2. The molecular formula is C13H23N3O2S. The molecule has 0 aromatic heterocycles. The second kappa shape index (κ2) is 6.77. The van der Waals surface area contributed by atoms with Crippen molar-refractivity contribution in [3.05, 3.63) is 24.3 Å². The Morgan fingerprint density at radius 3 is 2.26 bits per heavy atom. The summed E-state index contributed by atoms with van der Waals surface area (Å²) in [5, 5.41) is 2.57. The minimum Gasteiger partial charge on any atom is -0.378 e. The molecule has 1 aromatic carbocycles. The minimum absolute atomic E-state index is 0.446. The normalized spacial score (nSPS) is 13.1. The molecule has 0 saturated carbocycles. The maximum Gasteiger partial charge on any atom is 0.236 e. The summed E-state index contributed by atoms with van der Waals surface area (Å²) in [5.74, 6) is 0. The van der Waals surface area contributed by atoms with E-state index in [2.05, 4.69) is 10.0 Å². The van der Waals surface area contributed by atoms with Crippen LogP contribution in [0.3, 0.4) is 0 Å². The summed E-state index contributed by atoms with van der Waals surface area (Å²) >= 11 is 0. The predicted molar refractivity (Wildman–Crippen MR) is 81.3 cm³/mol. The van der Waals surface area contributed by atoms with Gasteiger partial charge in [0.15, 0.2) is 0 Å². The van der Waals surface area contributed by atoms with E-state index >= 15 is 0 Å². The van der Waals surface area contributed by atoms with Gasteiger partial charge in [-0.2, -0.15) is 0 Å². The van der Waals surface area contributed by atoms with Crippen LogP contribution in [0, 0.1) is 0 Å². The quantitative estimate of drug-likeness (QED) is 0.797. The number of nitrogens with zero attached hydrogens (tertiary/aromatic N) is 1. The highest BCUT2D eigenvalue weighted by Gasteiger charge is 2.19. The maximum absolute atomic E-state index is 12.1. The molecule has 0 bridgehead atoms. The summed E-state index contributed by atoms with van der Waals surface area (Å²) in [5.41, 5.74) is 1.62. The van der Waals surface area contributed by atoms with Gasteiger partial charge in [-0.15, -0.1) is 0 Å². The van der Waals surface area contributed by atoms with Crippen molar-refractivity contribution in [2.45, 2.75) is 19.1 Å². The molecule has 5 nitrogen and oxygen atoms in total. The first-order valence-electron chi connectivity index (χ1n) is 6.36. The Hall–Kier alpha value is -1.27. The molecule has 0 aliphatic rings. The average molecular weight is 285 g/mol. The van der Waals surface area contributed by atoms with Crippen LogP contribution in [-0.2, 0) is 10.0 Å². The Balaban J connectivity index is 2.72. The lowest BCUT2D eigenvalue weighted by Crippen LogP contribution is -2.34. The standard InChI is InChI=1S/C13H23N3O2S/c1-5-14-10-11(2)19(17,18)15-12-6-8-13(9-7-12)16(3)4/h6-9,11,14-15H,5,10H2,1-4H3. The van der Waals surface area contributed by atoms with E-state index in [0.717, 1.165) is 12.2 Å². The van der Waals surface area contributed by atoms with E-state index < -0.39 is 15.3 Å². The predicted octanol–water partition coefficient (Wildman–Crippen LogP) is 1.49. The van der Waals surface area contributed by atoms with Crippen molar-refractivity contribution in [1.29, 1.82) is 0 Å². The molecule has 6 heteroatoms. The number of hydrogen-bond donors (Lipinski definition) is 2. The van der Waals surface area contributed by atoms with Crippen LogP contribution in [0.5, 0.6) is 0 Å². The van der Waals surface area contributed by atoms with Crippen molar-refractivity contribution in [2.75, 3.05) is 36.8 Å². The Morgan fingerprint density at radius 1 is 1.21 bits per heavy atom. The summed E-state index contributed by atoms with van der Waals surface area (Å²) < 4.78 is 26.7. The van der Waals surface area contributed by atoms with Crippen molar-refractivity contribution in [3.8, 4) is 0 Å². The zero-order chi connectivity index (χ0) is 14.5. The van der Waals surface area contributed by atoms with Gasteiger partial charge in [-0.3, -0.25) is 4.72 Å². The molecule has 1 rings (SSSR count). The van der Waals surface area contributed by atoms with Gasteiger partial charge in [0.2, 0.25) is 10.0 Å². The molecule has 0 amide bonds. The van der Waals surface area contributed by atoms with E-state index in [4.69, 9.17) is 0 Å². The lowest BCUT2D eigenvalue weighted by Gasteiger charge is -2.16. The molecule has 2 N–H and O–H groups in total. The zero-order valence-electron chi connectivity index (χ0n) is 12.0. The second-order valence-corrected chi connectivity index (χ2v) is 6.81. The van der Waals surface area contributed by atoms with Crippen LogP contribution >= 0.6 is 0 Å². The number of sulfonamides is 1. The van der Waals surface area contributed by atoms with Gasteiger partial charge in [0, 0.05) is 32.0 Å². The van der Waals surface area contributed by atoms with Gasteiger partial charge in [0.05, 0.1) is 5.25 Å². The highest BCUT2D eigenvalue weighted by Crippen LogP contribution is 2.17. The number of benzene rings is 1. The Morgan fingerprint density at radius 2 is 1.79 bits per heavy atom. The van der Waals surface area contributed by atoms with E-state index in [1.54, 1.807) is 19.1 Å². The smallest absolute Gasteiger partial charge is 0.236 e. The SMILES string of the molecule is CCNCC(C)S(=O)(=O)Nc1ccc(N(C)C)cc1. The van der Waals surface area contributed by atoms with Crippen molar-refractivity contribution >= 4 is 21.4 Å². The van der Waals surface area contributed by atoms with E-state index in [9.17, 15) is 8.42 Å². The van der Waals surface area contributed by atoms with E-state index in [0.29, 0.717) is 12.2 Å². The fourth-order valence-electron chi connectivity index (χ4n) is 1.55. The summed E-state index contributed by atoms with van der Waals surface area (Å²) in [6.07, 6.45) is 0. The summed E-state index contributed by atoms with van der Waals surface area (Å²) in [6, 6.07) is 7.30. The van der Waals surface area contributed by atoms with Crippen molar-refractivity contribution in [2.24, 2.45) is 0 Å². The lowest BCUT2D eigenvalue weighted by atomic mass is 10.3. The second-order valence-electron chi connectivity index (χ2n) is 4.71. The first-order valence-corrected chi connectivity index (χ1v) is 7.91. The molecule has 0 fully saturated rings. The molecule has 1 unspecified atom stereocenters. The highest BCUT2D eigenvalue weighted by atomic mass is 32.2. The molecule has 1 atom stereocenters. The van der Waals surface area contributed by atoms with Gasteiger partial charge in [-0.25, -0.2) is 8.42 Å². The van der Waals surface area contributed by atoms with Gasteiger partial charge < -0.3 is 10.2 Å². The third-order valence-electron chi connectivity index (χ3n) is 2.86. The van der Waals surface area contributed by atoms with Gasteiger partial charge >= 0.3 is 0 Å². The molecule has 1 aromatic rings. The summed E-state index contributed by atoms with van der Waals surface area (Å²) in [7, 11) is 0.539. The maximum atomic E-state index is 12.1.